The van der Waals surface area contributed by atoms with Crippen molar-refractivity contribution < 1.29 is 4.92 Å². The van der Waals surface area contributed by atoms with Gasteiger partial charge in [-0.05, 0) is 32.9 Å². The highest BCUT2D eigenvalue weighted by Gasteiger charge is 2.16. The quantitative estimate of drug-likeness (QED) is 0.668. The fourth-order valence-corrected chi connectivity index (χ4v) is 2.17. The van der Waals surface area contributed by atoms with Crippen LogP contribution in [-0.2, 0) is 12.1 Å². The number of aromatic nitrogens is 2. The van der Waals surface area contributed by atoms with Gasteiger partial charge in [0.15, 0.2) is 0 Å². The highest BCUT2D eigenvalue weighted by molar-refractivity contribution is 9.10. The minimum Gasteiger partial charge on any atom is -0.375 e. The third-order valence-electron chi connectivity index (χ3n) is 2.96. The molecule has 0 spiro atoms. The van der Waals surface area contributed by atoms with E-state index in [1.54, 1.807) is 18.3 Å². The maximum atomic E-state index is 11.0. The van der Waals surface area contributed by atoms with Gasteiger partial charge in [-0.25, -0.2) is 0 Å². The molecule has 0 bridgehead atoms. The third kappa shape index (κ3) is 3.81. The molecule has 1 aromatic carbocycles. The van der Waals surface area contributed by atoms with Gasteiger partial charge in [0.2, 0.25) is 0 Å². The summed E-state index contributed by atoms with van der Waals surface area (Å²) in [5.41, 5.74) is 1.43. The molecule has 0 aliphatic heterocycles. The Balaban J connectivity index is 2.13. The van der Waals surface area contributed by atoms with Crippen LogP contribution in [0, 0.1) is 10.1 Å². The van der Waals surface area contributed by atoms with Gasteiger partial charge in [0.1, 0.15) is 5.69 Å². The number of anilines is 1. The van der Waals surface area contributed by atoms with Crippen LogP contribution in [0.3, 0.4) is 0 Å². The molecule has 0 atom stereocenters. The van der Waals surface area contributed by atoms with Gasteiger partial charge < -0.3 is 5.32 Å². The Labute approximate surface area is 131 Å². The summed E-state index contributed by atoms with van der Waals surface area (Å²) in [6, 6.07) is 4.95. The van der Waals surface area contributed by atoms with Gasteiger partial charge >= 0.3 is 0 Å². The minimum absolute atomic E-state index is 0.0487. The second kappa shape index (κ2) is 5.85. The second-order valence-corrected chi connectivity index (χ2v) is 6.65. The second-order valence-electron chi connectivity index (χ2n) is 5.74. The van der Waals surface area contributed by atoms with Crippen LogP contribution >= 0.6 is 15.9 Å². The first-order valence-electron chi connectivity index (χ1n) is 6.49. The Bertz CT molecular complexity index is 661. The van der Waals surface area contributed by atoms with E-state index in [0.29, 0.717) is 16.7 Å². The predicted molar refractivity (Wildman–Crippen MR) is 85.3 cm³/mol. The summed E-state index contributed by atoms with van der Waals surface area (Å²) in [6.07, 6.45) is 3.71. The molecule has 0 unspecified atom stereocenters. The fraction of sp³-hybridized carbons (Fsp3) is 0.357. The Morgan fingerprint density at radius 1 is 1.43 bits per heavy atom. The molecule has 6 nitrogen and oxygen atoms in total. The zero-order chi connectivity index (χ0) is 15.6. The lowest BCUT2D eigenvalue weighted by molar-refractivity contribution is -0.384. The summed E-state index contributed by atoms with van der Waals surface area (Å²) in [7, 11) is 0. The Morgan fingerprint density at radius 3 is 2.71 bits per heavy atom. The average Bonchev–Trinajstić information content (AvgIpc) is 2.85. The fourth-order valence-electron chi connectivity index (χ4n) is 1.82. The standard InChI is InChI=1S/C14H17BrN4O2/c1-14(2,3)18-9-10(8-17-18)7-16-12-5-4-11(15)6-13(12)19(20)21/h4-6,8-9,16H,7H2,1-3H3. The SMILES string of the molecule is CC(C)(C)n1cc(CNc2ccc(Br)cc2[N+](=O)[O-])cn1. The molecule has 0 fully saturated rings. The van der Waals surface area contributed by atoms with Crippen molar-refractivity contribution in [3.8, 4) is 0 Å². The zero-order valence-electron chi connectivity index (χ0n) is 12.1. The molecule has 0 saturated heterocycles. The van der Waals surface area contributed by atoms with Crippen LogP contribution in [0.25, 0.3) is 0 Å². The summed E-state index contributed by atoms with van der Waals surface area (Å²) in [6.45, 7) is 6.68. The number of nitro groups is 1. The van der Waals surface area contributed by atoms with E-state index in [0.717, 1.165) is 5.56 Å². The van der Waals surface area contributed by atoms with Crippen LogP contribution in [-0.4, -0.2) is 14.7 Å². The van der Waals surface area contributed by atoms with Crippen molar-refractivity contribution in [3.05, 3.63) is 50.7 Å². The molecule has 2 rings (SSSR count). The Morgan fingerprint density at radius 2 is 2.14 bits per heavy atom. The predicted octanol–water partition coefficient (Wildman–Crippen LogP) is 3.92. The van der Waals surface area contributed by atoms with Crippen molar-refractivity contribution in [2.75, 3.05) is 5.32 Å². The summed E-state index contributed by atoms with van der Waals surface area (Å²) >= 11 is 3.24. The maximum absolute atomic E-state index is 11.0. The van der Waals surface area contributed by atoms with Gasteiger partial charge in [-0.3, -0.25) is 14.8 Å². The number of rotatable bonds is 4. The number of benzene rings is 1. The normalized spacial score (nSPS) is 11.4. The van der Waals surface area contributed by atoms with Crippen molar-refractivity contribution in [1.82, 2.24) is 9.78 Å². The van der Waals surface area contributed by atoms with E-state index in [4.69, 9.17) is 0 Å². The summed E-state index contributed by atoms with van der Waals surface area (Å²) in [4.78, 5) is 10.7. The minimum atomic E-state index is -0.397. The lowest BCUT2D eigenvalue weighted by Crippen LogP contribution is -2.21. The highest BCUT2D eigenvalue weighted by atomic mass is 79.9. The van der Waals surface area contributed by atoms with Crippen LogP contribution in [0.2, 0.25) is 0 Å². The average molecular weight is 353 g/mol. The molecule has 7 heteroatoms. The molecule has 0 radical (unpaired) electrons. The van der Waals surface area contributed by atoms with E-state index in [1.165, 1.54) is 6.07 Å². The van der Waals surface area contributed by atoms with Gasteiger partial charge in [-0.1, -0.05) is 15.9 Å². The molecule has 2 aromatic rings. The van der Waals surface area contributed by atoms with E-state index in [-0.39, 0.29) is 11.2 Å². The smallest absolute Gasteiger partial charge is 0.293 e. The van der Waals surface area contributed by atoms with Crippen LogP contribution < -0.4 is 5.32 Å². The van der Waals surface area contributed by atoms with Gasteiger partial charge in [0.05, 0.1) is 16.7 Å². The highest BCUT2D eigenvalue weighted by Crippen LogP contribution is 2.28. The lowest BCUT2D eigenvalue weighted by Gasteiger charge is -2.18. The topological polar surface area (TPSA) is 73.0 Å². The van der Waals surface area contributed by atoms with Gasteiger partial charge in [-0.2, -0.15) is 5.10 Å². The number of hydrogen-bond acceptors (Lipinski definition) is 4. The van der Waals surface area contributed by atoms with Crippen molar-refractivity contribution in [2.24, 2.45) is 0 Å². The van der Waals surface area contributed by atoms with Gasteiger partial charge in [-0.15, -0.1) is 0 Å². The zero-order valence-corrected chi connectivity index (χ0v) is 13.7. The van der Waals surface area contributed by atoms with E-state index < -0.39 is 4.92 Å². The van der Waals surface area contributed by atoms with Crippen molar-refractivity contribution in [2.45, 2.75) is 32.9 Å². The number of halogens is 1. The molecule has 1 N–H and O–H groups in total. The Hall–Kier alpha value is -1.89. The first-order valence-corrected chi connectivity index (χ1v) is 7.28. The molecule has 0 saturated carbocycles. The molecule has 0 aliphatic carbocycles. The molecular formula is C14H17BrN4O2. The number of nitrogens with one attached hydrogen (secondary N) is 1. The molecule has 1 aromatic heterocycles. The summed E-state index contributed by atoms with van der Waals surface area (Å²) in [5, 5.41) is 18.4. The van der Waals surface area contributed by atoms with Crippen molar-refractivity contribution >= 4 is 27.3 Å². The molecular weight excluding hydrogens is 336 g/mol. The summed E-state index contributed by atoms with van der Waals surface area (Å²) in [5.74, 6) is 0. The van der Waals surface area contributed by atoms with E-state index in [1.807, 2.05) is 10.9 Å². The third-order valence-corrected chi connectivity index (χ3v) is 3.46. The van der Waals surface area contributed by atoms with E-state index >= 15 is 0 Å². The van der Waals surface area contributed by atoms with Gasteiger partial charge in [0, 0.05) is 28.8 Å². The van der Waals surface area contributed by atoms with Crippen molar-refractivity contribution in [1.29, 1.82) is 0 Å². The van der Waals surface area contributed by atoms with E-state index in [2.05, 4.69) is 47.1 Å². The monoisotopic (exact) mass is 352 g/mol. The molecule has 21 heavy (non-hydrogen) atoms. The lowest BCUT2D eigenvalue weighted by atomic mass is 10.1. The van der Waals surface area contributed by atoms with Crippen molar-refractivity contribution in [3.63, 3.8) is 0 Å². The van der Waals surface area contributed by atoms with Crippen LogP contribution in [0.5, 0.6) is 0 Å². The van der Waals surface area contributed by atoms with Crippen LogP contribution in [0.1, 0.15) is 26.3 Å². The number of nitrogens with zero attached hydrogens (tertiary/aromatic N) is 3. The number of nitro benzene ring substituents is 1. The molecule has 0 amide bonds. The Kier molecular flexibility index (Phi) is 4.32. The molecule has 0 aliphatic rings. The number of hydrogen-bond donors (Lipinski definition) is 1. The molecule has 1 heterocycles. The first-order chi connectivity index (χ1) is 9.77. The maximum Gasteiger partial charge on any atom is 0.293 e. The largest absolute Gasteiger partial charge is 0.375 e. The van der Waals surface area contributed by atoms with Crippen LogP contribution in [0.15, 0.2) is 35.1 Å². The first kappa shape index (κ1) is 15.5. The van der Waals surface area contributed by atoms with Gasteiger partial charge in [0.25, 0.3) is 5.69 Å². The van der Waals surface area contributed by atoms with Crippen LogP contribution in [0.4, 0.5) is 11.4 Å². The summed E-state index contributed by atoms with van der Waals surface area (Å²) < 4.78 is 2.56. The van der Waals surface area contributed by atoms with E-state index in [9.17, 15) is 10.1 Å². The molecule has 112 valence electrons.